The van der Waals surface area contributed by atoms with E-state index in [1.807, 2.05) is 0 Å². The number of anilines is 1. The smallest absolute Gasteiger partial charge is 0.281 e. The molecule has 8 heteroatoms. The molecule has 1 aromatic carbocycles. The summed E-state index contributed by atoms with van der Waals surface area (Å²) in [7, 11) is 2.94. The quantitative estimate of drug-likeness (QED) is 0.691. The summed E-state index contributed by atoms with van der Waals surface area (Å²) in [4.78, 5) is 23.3. The van der Waals surface area contributed by atoms with E-state index in [0.717, 1.165) is 4.57 Å². The molecule has 1 heterocycles. The number of hydrogen-bond donors (Lipinski definition) is 1. The Morgan fingerprint density at radius 3 is 2.52 bits per heavy atom. The van der Waals surface area contributed by atoms with Crippen LogP contribution in [0.3, 0.4) is 0 Å². The Bertz CT molecular complexity index is 824. The van der Waals surface area contributed by atoms with Gasteiger partial charge in [0.05, 0.1) is 11.2 Å². The molecule has 0 bridgehead atoms. The molecule has 6 nitrogen and oxygen atoms in total. The molecule has 1 aromatic heterocycles. The third kappa shape index (κ3) is 3.34. The number of benzene rings is 1. The van der Waals surface area contributed by atoms with E-state index in [4.69, 9.17) is 23.2 Å². The van der Waals surface area contributed by atoms with Crippen LogP contribution in [0, 0.1) is 0 Å². The molecule has 0 saturated carbocycles. The molecule has 0 aliphatic heterocycles. The molecule has 110 valence electrons. The second-order valence-corrected chi connectivity index (χ2v) is 5.15. The number of hydrogen-bond acceptors (Lipinski definition) is 4. The lowest BCUT2D eigenvalue weighted by atomic mass is 10.2. The second kappa shape index (κ2) is 6.15. The zero-order valence-electron chi connectivity index (χ0n) is 11.3. The van der Waals surface area contributed by atoms with Gasteiger partial charge in [-0.15, -0.1) is 0 Å². The third-order valence-corrected chi connectivity index (χ3v) is 3.43. The average molecular weight is 327 g/mol. The van der Waals surface area contributed by atoms with Gasteiger partial charge in [0.2, 0.25) is 0 Å². The maximum atomic E-state index is 11.7. The van der Waals surface area contributed by atoms with Crippen LogP contribution in [0.15, 0.2) is 39.0 Å². The van der Waals surface area contributed by atoms with Crippen molar-refractivity contribution in [3.8, 4) is 0 Å². The number of halogens is 2. The first-order valence-corrected chi connectivity index (χ1v) is 6.67. The van der Waals surface area contributed by atoms with Crippen LogP contribution >= 0.6 is 23.2 Å². The second-order valence-electron chi connectivity index (χ2n) is 4.30. The van der Waals surface area contributed by atoms with Crippen molar-refractivity contribution < 1.29 is 0 Å². The third-order valence-electron chi connectivity index (χ3n) is 2.87. The number of nitrogens with one attached hydrogen (secondary N) is 1. The SMILES string of the molecule is Cn1c(N/N=C/c2ccc(Cl)cc2Cl)cc(=O)n(C)c1=O. The van der Waals surface area contributed by atoms with Gasteiger partial charge in [-0.2, -0.15) is 5.10 Å². The van der Waals surface area contributed by atoms with Gasteiger partial charge in [-0.3, -0.25) is 19.4 Å². The van der Waals surface area contributed by atoms with Crippen LogP contribution < -0.4 is 16.7 Å². The van der Waals surface area contributed by atoms with Gasteiger partial charge in [-0.25, -0.2) is 4.79 Å². The number of rotatable bonds is 3. The summed E-state index contributed by atoms with van der Waals surface area (Å²) in [5.74, 6) is 0.282. The lowest BCUT2D eigenvalue weighted by molar-refractivity contribution is 0.690. The van der Waals surface area contributed by atoms with Crippen LogP contribution in [0.1, 0.15) is 5.56 Å². The van der Waals surface area contributed by atoms with Gasteiger partial charge in [0.1, 0.15) is 5.82 Å². The minimum absolute atomic E-state index is 0.282. The molecule has 0 fully saturated rings. The van der Waals surface area contributed by atoms with Crippen molar-refractivity contribution in [2.24, 2.45) is 19.2 Å². The Balaban J connectivity index is 2.26. The van der Waals surface area contributed by atoms with Crippen LogP contribution in [0.5, 0.6) is 0 Å². The molecular weight excluding hydrogens is 315 g/mol. The van der Waals surface area contributed by atoms with Gasteiger partial charge in [-0.1, -0.05) is 29.3 Å². The molecule has 21 heavy (non-hydrogen) atoms. The van der Waals surface area contributed by atoms with E-state index in [9.17, 15) is 9.59 Å². The van der Waals surface area contributed by atoms with Gasteiger partial charge in [0.15, 0.2) is 0 Å². The van der Waals surface area contributed by atoms with Crippen LogP contribution in [-0.2, 0) is 14.1 Å². The van der Waals surface area contributed by atoms with E-state index >= 15 is 0 Å². The van der Waals surface area contributed by atoms with Crippen molar-refractivity contribution >= 4 is 35.2 Å². The van der Waals surface area contributed by atoms with E-state index in [2.05, 4.69) is 10.5 Å². The predicted molar refractivity (Wildman–Crippen MR) is 84.6 cm³/mol. The Morgan fingerprint density at radius 1 is 1.14 bits per heavy atom. The Hall–Kier alpha value is -2.05. The minimum Gasteiger partial charge on any atom is -0.281 e. The minimum atomic E-state index is -0.440. The molecule has 1 N–H and O–H groups in total. The standard InChI is InChI=1S/C13H12Cl2N4O2/c1-18-11(6-12(20)19(2)13(18)21)17-16-7-8-3-4-9(14)5-10(8)15/h3-7,17H,1-2H3/b16-7+. The fourth-order valence-electron chi connectivity index (χ4n) is 1.61. The Morgan fingerprint density at radius 2 is 1.86 bits per heavy atom. The summed E-state index contributed by atoms with van der Waals surface area (Å²) in [5.41, 5.74) is 2.44. The first-order chi connectivity index (χ1) is 9.90. The van der Waals surface area contributed by atoms with E-state index < -0.39 is 11.2 Å². The maximum Gasteiger partial charge on any atom is 0.332 e. The van der Waals surface area contributed by atoms with Crippen molar-refractivity contribution in [2.75, 3.05) is 5.43 Å². The van der Waals surface area contributed by atoms with Gasteiger partial charge >= 0.3 is 5.69 Å². The van der Waals surface area contributed by atoms with Gasteiger partial charge in [0.25, 0.3) is 5.56 Å². The molecule has 0 amide bonds. The van der Waals surface area contributed by atoms with Crippen LogP contribution in [0.4, 0.5) is 5.82 Å². The summed E-state index contributed by atoms with van der Waals surface area (Å²) >= 11 is 11.8. The summed E-state index contributed by atoms with van der Waals surface area (Å²) in [6.07, 6.45) is 1.47. The maximum absolute atomic E-state index is 11.7. The molecule has 0 aliphatic carbocycles. The van der Waals surface area contributed by atoms with E-state index in [-0.39, 0.29) is 5.82 Å². The van der Waals surface area contributed by atoms with Crippen LogP contribution in [0.25, 0.3) is 0 Å². The largest absolute Gasteiger partial charge is 0.332 e. The van der Waals surface area contributed by atoms with Crippen LogP contribution in [0.2, 0.25) is 10.0 Å². The molecule has 2 rings (SSSR count). The topological polar surface area (TPSA) is 68.4 Å². The molecular formula is C13H12Cl2N4O2. The molecule has 0 aliphatic rings. The summed E-state index contributed by atoms with van der Waals surface area (Å²) in [6.45, 7) is 0. The lowest BCUT2D eigenvalue weighted by Gasteiger charge is -2.08. The van der Waals surface area contributed by atoms with Crippen molar-refractivity contribution in [2.45, 2.75) is 0 Å². The zero-order chi connectivity index (χ0) is 15.6. The highest BCUT2D eigenvalue weighted by Crippen LogP contribution is 2.19. The highest BCUT2D eigenvalue weighted by molar-refractivity contribution is 6.36. The van der Waals surface area contributed by atoms with Crippen LogP contribution in [-0.4, -0.2) is 15.3 Å². The molecule has 0 radical (unpaired) electrons. The highest BCUT2D eigenvalue weighted by atomic mass is 35.5. The van der Waals surface area contributed by atoms with Gasteiger partial charge in [0, 0.05) is 30.7 Å². The van der Waals surface area contributed by atoms with Crippen molar-refractivity contribution in [3.05, 3.63) is 60.7 Å². The number of nitrogens with zero attached hydrogens (tertiary/aromatic N) is 3. The fraction of sp³-hybridized carbons (Fsp3) is 0.154. The van der Waals surface area contributed by atoms with E-state index in [1.54, 1.807) is 18.2 Å². The zero-order valence-corrected chi connectivity index (χ0v) is 12.8. The van der Waals surface area contributed by atoms with Crippen molar-refractivity contribution in [1.29, 1.82) is 0 Å². The van der Waals surface area contributed by atoms with Crippen molar-refractivity contribution in [3.63, 3.8) is 0 Å². The molecule has 0 atom stereocenters. The average Bonchev–Trinajstić information content (AvgIpc) is 2.44. The normalized spacial score (nSPS) is 11.0. The number of hydrazone groups is 1. The molecule has 0 unspecified atom stereocenters. The summed E-state index contributed by atoms with van der Waals surface area (Å²) in [6, 6.07) is 6.27. The first-order valence-electron chi connectivity index (χ1n) is 5.91. The Labute approximate surface area is 130 Å². The summed E-state index contributed by atoms with van der Waals surface area (Å²) in [5, 5.41) is 4.94. The van der Waals surface area contributed by atoms with E-state index in [0.29, 0.717) is 15.6 Å². The monoisotopic (exact) mass is 326 g/mol. The van der Waals surface area contributed by atoms with Gasteiger partial charge in [-0.05, 0) is 12.1 Å². The number of aromatic nitrogens is 2. The molecule has 2 aromatic rings. The predicted octanol–water partition coefficient (Wildman–Crippen LogP) is 1.84. The molecule has 0 saturated heterocycles. The van der Waals surface area contributed by atoms with Gasteiger partial charge < -0.3 is 0 Å². The van der Waals surface area contributed by atoms with Crippen molar-refractivity contribution in [1.82, 2.24) is 9.13 Å². The molecule has 0 spiro atoms. The Kier molecular flexibility index (Phi) is 4.50. The highest BCUT2D eigenvalue weighted by Gasteiger charge is 2.04. The lowest BCUT2D eigenvalue weighted by Crippen LogP contribution is -2.37. The fourth-order valence-corrected chi connectivity index (χ4v) is 2.07. The first kappa shape index (κ1) is 15.3. The van der Waals surface area contributed by atoms with E-state index in [1.165, 1.54) is 30.9 Å². The summed E-state index contributed by atoms with van der Waals surface area (Å²) < 4.78 is 2.28.